The van der Waals surface area contributed by atoms with Crippen LogP contribution in [0, 0.1) is 17.1 Å². The summed E-state index contributed by atoms with van der Waals surface area (Å²) in [6.07, 6.45) is 0.849. The Labute approximate surface area is 173 Å². The number of thioether (sulfide) groups is 1. The van der Waals surface area contributed by atoms with E-state index in [1.54, 1.807) is 0 Å². The highest BCUT2D eigenvalue weighted by molar-refractivity contribution is 7.99. The summed E-state index contributed by atoms with van der Waals surface area (Å²) >= 11 is 1.29. The van der Waals surface area contributed by atoms with Crippen molar-refractivity contribution >= 4 is 23.4 Å². The van der Waals surface area contributed by atoms with Gasteiger partial charge in [0.1, 0.15) is 11.6 Å². The molecule has 0 unspecified atom stereocenters. The molecular weight excluding hydrogens is 389 g/mol. The van der Waals surface area contributed by atoms with Crippen molar-refractivity contribution in [1.29, 1.82) is 5.26 Å². The molecule has 0 bridgehead atoms. The Morgan fingerprint density at radius 2 is 1.90 bits per heavy atom. The van der Waals surface area contributed by atoms with Gasteiger partial charge in [-0.25, -0.2) is 4.39 Å². The maximum Gasteiger partial charge on any atom is 0.237 e. The average Bonchev–Trinajstić information content (AvgIpc) is 3.08. The zero-order valence-electron chi connectivity index (χ0n) is 16.0. The first-order valence-corrected chi connectivity index (χ1v) is 10.0. The van der Waals surface area contributed by atoms with Gasteiger partial charge >= 0.3 is 0 Å². The minimum Gasteiger partial charge on any atom is -0.311 e. The summed E-state index contributed by atoms with van der Waals surface area (Å²) in [4.78, 5) is 14.3. The molecule has 3 aromatic rings. The molecule has 8 heteroatoms. The van der Waals surface area contributed by atoms with Gasteiger partial charge in [0, 0.05) is 25.7 Å². The number of nitriles is 1. The number of carbonyl (C=O) groups is 1. The van der Waals surface area contributed by atoms with Crippen LogP contribution in [0.2, 0.25) is 0 Å². The minimum atomic E-state index is -0.374. The van der Waals surface area contributed by atoms with Crippen LogP contribution in [-0.2, 0) is 18.3 Å². The van der Waals surface area contributed by atoms with E-state index in [1.807, 2.05) is 48.0 Å². The number of hydrogen-bond acceptors (Lipinski definition) is 5. The zero-order chi connectivity index (χ0) is 20.6. The van der Waals surface area contributed by atoms with E-state index in [-0.39, 0.29) is 30.4 Å². The number of aromatic nitrogens is 3. The fraction of sp³-hybridized carbons (Fsp3) is 0.238. The lowest BCUT2D eigenvalue weighted by Gasteiger charge is -2.21. The van der Waals surface area contributed by atoms with Gasteiger partial charge in [-0.15, -0.1) is 10.2 Å². The van der Waals surface area contributed by atoms with E-state index in [1.165, 1.54) is 40.9 Å². The molecule has 6 nitrogen and oxygen atoms in total. The largest absolute Gasteiger partial charge is 0.311 e. The second kappa shape index (κ2) is 9.85. The first-order valence-electron chi connectivity index (χ1n) is 9.06. The van der Waals surface area contributed by atoms with Crippen molar-refractivity contribution in [1.82, 2.24) is 14.8 Å². The molecule has 0 N–H and O–H groups in total. The van der Waals surface area contributed by atoms with Crippen molar-refractivity contribution in [2.24, 2.45) is 7.05 Å². The Kier molecular flexibility index (Phi) is 6.98. The second-order valence-corrected chi connectivity index (χ2v) is 7.28. The van der Waals surface area contributed by atoms with Crippen LogP contribution < -0.4 is 4.90 Å². The Bertz CT molecular complexity index is 998. The molecular formula is C21H20FN5OS. The standard InChI is InChI=1S/C21H20FN5OS/c1-26-19(14-16-6-3-2-4-7-16)24-25-21(26)29-15-20(28)27(13-5-12-23)18-10-8-17(22)9-11-18/h2-4,6-11H,5,13-15H2,1H3. The maximum absolute atomic E-state index is 13.2. The molecule has 0 saturated carbocycles. The van der Waals surface area contributed by atoms with Gasteiger partial charge in [0.2, 0.25) is 5.91 Å². The zero-order valence-corrected chi connectivity index (χ0v) is 16.8. The molecule has 0 aliphatic heterocycles. The van der Waals surface area contributed by atoms with Gasteiger partial charge in [-0.1, -0.05) is 42.1 Å². The fourth-order valence-corrected chi connectivity index (χ4v) is 3.59. The summed E-state index contributed by atoms with van der Waals surface area (Å²) in [6.45, 7) is 0.250. The summed E-state index contributed by atoms with van der Waals surface area (Å²) in [6, 6.07) is 17.7. The van der Waals surface area contributed by atoms with Gasteiger partial charge in [-0.05, 0) is 29.8 Å². The number of amides is 1. The van der Waals surface area contributed by atoms with Gasteiger partial charge in [0.15, 0.2) is 5.16 Å². The molecule has 0 atom stereocenters. The van der Waals surface area contributed by atoms with Crippen LogP contribution in [0.15, 0.2) is 59.8 Å². The van der Waals surface area contributed by atoms with Crippen molar-refractivity contribution in [3.63, 3.8) is 0 Å². The highest BCUT2D eigenvalue weighted by Crippen LogP contribution is 2.21. The number of carbonyl (C=O) groups excluding carboxylic acids is 1. The van der Waals surface area contributed by atoms with Crippen molar-refractivity contribution in [2.75, 3.05) is 17.2 Å². The molecule has 148 valence electrons. The quantitative estimate of drug-likeness (QED) is 0.532. The first-order chi connectivity index (χ1) is 14.1. The minimum absolute atomic E-state index is 0.139. The summed E-state index contributed by atoms with van der Waals surface area (Å²) in [7, 11) is 1.87. The maximum atomic E-state index is 13.2. The molecule has 0 aliphatic carbocycles. The molecule has 1 heterocycles. The Hall–Kier alpha value is -3.18. The summed E-state index contributed by atoms with van der Waals surface area (Å²) in [5, 5.41) is 18.0. The molecule has 0 aliphatic rings. The number of benzene rings is 2. The second-order valence-electron chi connectivity index (χ2n) is 6.34. The number of hydrogen-bond donors (Lipinski definition) is 0. The molecule has 2 aromatic carbocycles. The third-order valence-electron chi connectivity index (χ3n) is 4.34. The number of anilines is 1. The molecule has 1 amide bonds. The van der Waals surface area contributed by atoms with Gasteiger partial charge in [0.25, 0.3) is 0 Å². The van der Waals surface area contributed by atoms with Crippen LogP contribution in [0.3, 0.4) is 0 Å². The van der Waals surface area contributed by atoms with E-state index in [0.717, 1.165) is 11.4 Å². The highest BCUT2D eigenvalue weighted by atomic mass is 32.2. The van der Waals surface area contributed by atoms with Crippen molar-refractivity contribution < 1.29 is 9.18 Å². The number of rotatable bonds is 8. The van der Waals surface area contributed by atoms with Crippen LogP contribution in [0.1, 0.15) is 17.8 Å². The highest BCUT2D eigenvalue weighted by Gasteiger charge is 2.18. The van der Waals surface area contributed by atoms with Crippen molar-refractivity contribution in [3.05, 3.63) is 71.8 Å². The predicted octanol–water partition coefficient (Wildman–Crippen LogP) is 3.58. The summed E-state index contributed by atoms with van der Waals surface area (Å²) in [5.74, 6) is 0.399. The summed E-state index contributed by atoms with van der Waals surface area (Å²) < 4.78 is 15.1. The van der Waals surface area contributed by atoms with E-state index in [4.69, 9.17) is 5.26 Å². The van der Waals surface area contributed by atoms with E-state index >= 15 is 0 Å². The molecule has 3 rings (SSSR count). The third kappa shape index (κ3) is 5.42. The molecule has 0 fully saturated rings. The molecule has 29 heavy (non-hydrogen) atoms. The molecule has 0 spiro atoms. The van der Waals surface area contributed by atoms with Crippen LogP contribution >= 0.6 is 11.8 Å². The van der Waals surface area contributed by atoms with Crippen LogP contribution in [0.5, 0.6) is 0 Å². The normalized spacial score (nSPS) is 10.5. The Morgan fingerprint density at radius 3 is 2.59 bits per heavy atom. The smallest absolute Gasteiger partial charge is 0.237 e. The van der Waals surface area contributed by atoms with E-state index in [0.29, 0.717) is 17.3 Å². The molecule has 0 saturated heterocycles. The lowest BCUT2D eigenvalue weighted by atomic mass is 10.1. The SMILES string of the molecule is Cn1c(Cc2ccccc2)nnc1SCC(=O)N(CCC#N)c1ccc(F)cc1. The lowest BCUT2D eigenvalue weighted by Crippen LogP contribution is -2.33. The number of nitrogens with zero attached hydrogens (tertiary/aromatic N) is 5. The van der Waals surface area contributed by atoms with Crippen molar-refractivity contribution in [2.45, 2.75) is 18.0 Å². The van der Waals surface area contributed by atoms with Crippen LogP contribution in [0.25, 0.3) is 0 Å². The van der Waals surface area contributed by atoms with E-state index in [9.17, 15) is 9.18 Å². The summed E-state index contributed by atoms with van der Waals surface area (Å²) in [5.41, 5.74) is 1.70. The van der Waals surface area contributed by atoms with Gasteiger partial charge in [0.05, 0.1) is 18.2 Å². The fourth-order valence-electron chi connectivity index (χ4n) is 2.79. The molecule has 1 aromatic heterocycles. The lowest BCUT2D eigenvalue weighted by molar-refractivity contribution is -0.116. The van der Waals surface area contributed by atoms with E-state index < -0.39 is 0 Å². The average molecular weight is 409 g/mol. The predicted molar refractivity (Wildman–Crippen MR) is 110 cm³/mol. The number of halogens is 1. The Balaban J connectivity index is 1.66. The van der Waals surface area contributed by atoms with Crippen molar-refractivity contribution in [3.8, 4) is 6.07 Å². The topological polar surface area (TPSA) is 74.8 Å². The van der Waals surface area contributed by atoms with Crippen LogP contribution in [-0.4, -0.2) is 33.0 Å². The van der Waals surface area contributed by atoms with Gasteiger partial charge < -0.3 is 9.47 Å². The van der Waals surface area contributed by atoms with Crippen LogP contribution in [0.4, 0.5) is 10.1 Å². The molecule has 0 radical (unpaired) electrons. The van der Waals surface area contributed by atoms with Gasteiger partial charge in [-0.2, -0.15) is 5.26 Å². The van der Waals surface area contributed by atoms with Gasteiger partial charge in [-0.3, -0.25) is 4.79 Å². The monoisotopic (exact) mass is 409 g/mol. The third-order valence-corrected chi connectivity index (χ3v) is 5.35. The Morgan fingerprint density at radius 1 is 1.17 bits per heavy atom. The van der Waals surface area contributed by atoms with E-state index in [2.05, 4.69) is 10.2 Å². The first kappa shape index (κ1) is 20.6.